The lowest BCUT2D eigenvalue weighted by molar-refractivity contribution is 0.0949. The molecule has 1 N–H and O–H groups in total. The zero-order chi connectivity index (χ0) is 22.6. The van der Waals surface area contributed by atoms with Crippen molar-refractivity contribution in [3.8, 4) is 0 Å². The number of aromatic nitrogens is 1. The van der Waals surface area contributed by atoms with E-state index in [1.165, 1.54) is 22.5 Å². The van der Waals surface area contributed by atoms with Crippen molar-refractivity contribution in [3.63, 3.8) is 0 Å². The summed E-state index contributed by atoms with van der Waals surface area (Å²) < 4.78 is 7.53. The molecule has 0 radical (unpaired) electrons. The fourth-order valence-electron chi connectivity index (χ4n) is 3.89. The van der Waals surface area contributed by atoms with Gasteiger partial charge in [-0.1, -0.05) is 48.0 Å². The first kappa shape index (κ1) is 21.0. The first-order chi connectivity index (χ1) is 16.2. The number of hydrogen-bond donors (Lipinski definition) is 1. The van der Waals surface area contributed by atoms with Crippen molar-refractivity contribution < 1.29 is 9.21 Å². The summed E-state index contributed by atoms with van der Waals surface area (Å²) in [7, 11) is 0. The predicted molar refractivity (Wildman–Crippen MR) is 134 cm³/mol. The van der Waals surface area contributed by atoms with Gasteiger partial charge in [0.05, 0.1) is 18.4 Å². The van der Waals surface area contributed by atoms with E-state index in [9.17, 15) is 4.79 Å². The molecule has 0 aliphatic heterocycles. The molecule has 0 bridgehead atoms. The van der Waals surface area contributed by atoms with Crippen LogP contribution in [0.3, 0.4) is 0 Å². The normalized spacial score (nSPS) is 11.4. The zero-order valence-corrected chi connectivity index (χ0v) is 19.0. The molecule has 5 nitrogen and oxygen atoms in total. The molecule has 0 fully saturated rings. The second-order valence-electron chi connectivity index (χ2n) is 7.88. The number of hydrogen-bond acceptors (Lipinski definition) is 4. The maximum Gasteiger partial charge on any atom is 0.254 e. The second-order valence-corrected chi connectivity index (χ2v) is 8.77. The number of thiophene rings is 1. The summed E-state index contributed by atoms with van der Waals surface area (Å²) in [5.41, 5.74) is 5.25. The van der Waals surface area contributed by atoms with Crippen LogP contribution in [-0.2, 0) is 13.1 Å². The highest BCUT2D eigenvalue weighted by Gasteiger charge is 2.13. The molecule has 0 unspecified atom stereocenters. The number of para-hydroxylation sites is 1. The molecule has 164 valence electrons. The Morgan fingerprint density at radius 2 is 2.03 bits per heavy atom. The minimum atomic E-state index is -0.165. The van der Waals surface area contributed by atoms with Gasteiger partial charge in [-0.2, -0.15) is 0 Å². The fraction of sp³-hybridized carbons (Fsp3) is 0.111. The molecule has 3 aromatic heterocycles. The molecular formula is C27H23N3O2S. The maximum atomic E-state index is 12.7. The predicted octanol–water partition coefficient (Wildman–Crippen LogP) is 6.33. The minimum Gasteiger partial charge on any atom is -0.467 e. The molecule has 6 heteroatoms. The van der Waals surface area contributed by atoms with Crippen LogP contribution < -0.4 is 5.32 Å². The molecule has 33 heavy (non-hydrogen) atoms. The summed E-state index contributed by atoms with van der Waals surface area (Å²) in [6.07, 6.45) is 5.57. The van der Waals surface area contributed by atoms with Crippen LogP contribution in [-0.4, -0.2) is 16.7 Å². The minimum absolute atomic E-state index is 0.165. The Balaban J connectivity index is 1.39. The maximum absolute atomic E-state index is 12.7. The van der Waals surface area contributed by atoms with Crippen LogP contribution in [0.5, 0.6) is 0 Å². The topological polar surface area (TPSA) is 59.5 Å². The summed E-state index contributed by atoms with van der Waals surface area (Å²) in [4.78, 5) is 17.3. The van der Waals surface area contributed by atoms with Crippen LogP contribution in [0.15, 0.2) is 94.0 Å². The lowest BCUT2D eigenvalue weighted by Gasteiger charge is -2.06. The average molecular weight is 454 g/mol. The number of nitrogens with zero attached hydrogens (tertiary/aromatic N) is 2. The molecule has 0 aliphatic carbocycles. The van der Waals surface area contributed by atoms with Gasteiger partial charge in [-0.05, 0) is 42.1 Å². The van der Waals surface area contributed by atoms with Gasteiger partial charge >= 0.3 is 0 Å². The Labute approximate surface area is 196 Å². The lowest BCUT2D eigenvalue weighted by atomic mass is 10.1. The number of benzene rings is 2. The van der Waals surface area contributed by atoms with E-state index in [-0.39, 0.29) is 5.91 Å². The smallest absolute Gasteiger partial charge is 0.254 e. The molecular weight excluding hydrogens is 430 g/mol. The van der Waals surface area contributed by atoms with Crippen LogP contribution in [0, 0.1) is 6.92 Å². The van der Waals surface area contributed by atoms with Crippen LogP contribution >= 0.6 is 11.3 Å². The van der Waals surface area contributed by atoms with Gasteiger partial charge in [-0.15, -0.1) is 11.3 Å². The molecule has 1 amide bonds. The molecule has 0 aliphatic rings. The number of carbonyl (C=O) groups is 1. The summed E-state index contributed by atoms with van der Waals surface area (Å²) in [5.74, 6) is 0.548. The highest BCUT2D eigenvalue weighted by molar-refractivity contribution is 7.14. The van der Waals surface area contributed by atoms with Crippen molar-refractivity contribution in [2.75, 3.05) is 0 Å². The van der Waals surface area contributed by atoms with E-state index in [0.717, 1.165) is 23.0 Å². The van der Waals surface area contributed by atoms with Gasteiger partial charge in [-0.3, -0.25) is 4.79 Å². The van der Waals surface area contributed by atoms with E-state index in [2.05, 4.69) is 70.5 Å². The zero-order valence-electron chi connectivity index (χ0n) is 18.2. The molecule has 0 saturated carbocycles. The van der Waals surface area contributed by atoms with E-state index >= 15 is 0 Å². The van der Waals surface area contributed by atoms with Crippen molar-refractivity contribution in [2.24, 2.45) is 4.99 Å². The quantitative estimate of drug-likeness (QED) is 0.293. The number of aryl methyl sites for hydroxylation is 1. The first-order valence-electron chi connectivity index (χ1n) is 10.7. The fourth-order valence-corrected chi connectivity index (χ4v) is 4.63. The number of fused-ring (bicyclic) bond motifs is 1. The average Bonchev–Trinajstić information content (AvgIpc) is 3.57. The van der Waals surface area contributed by atoms with Gasteiger partial charge in [-0.25, -0.2) is 4.99 Å². The molecule has 3 heterocycles. The van der Waals surface area contributed by atoms with E-state index in [4.69, 9.17) is 4.42 Å². The van der Waals surface area contributed by atoms with E-state index < -0.39 is 0 Å². The lowest BCUT2D eigenvalue weighted by Crippen LogP contribution is -2.22. The summed E-state index contributed by atoms with van der Waals surface area (Å²) in [6.45, 7) is 3.24. The van der Waals surface area contributed by atoms with Gasteiger partial charge in [0.1, 0.15) is 10.8 Å². The molecule has 5 rings (SSSR count). The summed E-state index contributed by atoms with van der Waals surface area (Å²) in [5, 5.41) is 6.59. The monoisotopic (exact) mass is 453 g/mol. The molecule has 0 spiro atoms. The van der Waals surface area contributed by atoms with E-state index in [1.807, 2.05) is 23.7 Å². The number of aliphatic imine (C=N–C) groups is 1. The Bertz CT molecular complexity index is 1430. The molecule has 5 aromatic rings. The highest BCUT2D eigenvalue weighted by Crippen LogP contribution is 2.28. The van der Waals surface area contributed by atoms with E-state index in [0.29, 0.717) is 22.9 Å². The number of nitrogens with one attached hydrogen (secondary N) is 1. The number of carbonyl (C=O) groups excluding carboxylic acids is 1. The standard InChI is InChI=1S/C27H23N3O2S/c1-19-6-4-7-20(14-19)17-30-18-21(23-9-2-3-10-25(23)30)15-29-27-24(11-13-33-27)26(31)28-16-22-8-5-12-32-22/h2-15,18H,16-17H2,1H3,(H,28,31). The second kappa shape index (κ2) is 9.30. The third kappa shape index (κ3) is 4.66. The van der Waals surface area contributed by atoms with Crippen LogP contribution in [0.1, 0.15) is 32.8 Å². The Morgan fingerprint density at radius 1 is 1.12 bits per heavy atom. The van der Waals surface area contributed by atoms with E-state index in [1.54, 1.807) is 18.4 Å². The van der Waals surface area contributed by atoms with Crippen molar-refractivity contribution in [1.29, 1.82) is 0 Å². The molecule has 2 aromatic carbocycles. The third-order valence-electron chi connectivity index (χ3n) is 5.47. The first-order valence-corrected chi connectivity index (χ1v) is 11.6. The molecule has 0 saturated heterocycles. The van der Waals surface area contributed by atoms with Crippen LogP contribution in [0.2, 0.25) is 0 Å². The SMILES string of the molecule is Cc1cccc(Cn2cc(C=Nc3sccc3C(=O)NCc3ccco3)c3ccccc32)c1. The molecule has 0 atom stereocenters. The van der Waals surface area contributed by atoms with Gasteiger partial charge < -0.3 is 14.3 Å². The number of amides is 1. The van der Waals surface area contributed by atoms with Gasteiger partial charge in [0.2, 0.25) is 0 Å². The third-order valence-corrected chi connectivity index (χ3v) is 6.29. The largest absolute Gasteiger partial charge is 0.467 e. The summed E-state index contributed by atoms with van der Waals surface area (Å²) >= 11 is 1.45. The van der Waals surface area contributed by atoms with Gasteiger partial charge in [0, 0.05) is 35.4 Å². The van der Waals surface area contributed by atoms with Gasteiger partial charge in [0.15, 0.2) is 0 Å². The van der Waals surface area contributed by atoms with Crippen molar-refractivity contribution in [1.82, 2.24) is 9.88 Å². The highest BCUT2D eigenvalue weighted by atomic mass is 32.1. The Kier molecular flexibility index (Phi) is 5.91. The van der Waals surface area contributed by atoms with Crippen molar-refractivity contribution in [2.45, 2.75) is 20.0 Å². The summed E-state index contributed by atoms with van der Waals surface area (Å²) in [6, 6.07) is 22.3. The number of rotatable bonds is 7. The van der Waals surface area contributed by atoms with Gasteiger partial charge in [0.25, 0.3) is 5.91 Å². The number of furan rings is 1. The Morgan fingerprint density at radius 3 is 2.88 bits per heavy atom. The van der Waals surface area contributed by atoms with Crippen LogP contribution in [0.25, 0.3) is 10.9 Å². The van der Waals surface area contributed by atoms with Crippen LogP contribution in [0.4, 0.5) is 5.00 Å². The van der Waals surface area contributed by atoms with Crippen molar-refractivity contribution in [3.05, 3.63) is 113 Å². The van der Waals surface area contributed by atoms with Crippen molar-refractivity contribution >= 4 is 39.4 Å². The Hall–Kier alpha value is -3.90.